The third-order valence-electron chi connectivity index (χ3n) is 2.78. The quantitative estimate of drug-likeness (QED) is 0.841. The first-order chi connectivity index (χ1) is 9.10. The number of hydrogen-bond acceptors (Lipinski definition) is 4. The van der Waals surface area contributed by atoms with Crippen LogP contribution in [0.25, 0.3) is 0 Å². The van der Waals surface area contributed by atoms with Gasteiger partial charge < -0.3 is 10.2 Å². The van der Waals surface area contributed by atoms with Crippen LogP contribution in [0.15, 0.2) is 18.3 Å². The number of hydrogen-bond donors (Lipinski definition) is 1. The molecule has 0 saturated heterocycles. The molecule has 0 radical (unpaired) electrons. The minimum atomic E-state index is -0.338. The van der Waals surface area contributed by atoms with E-state index in [-0.39, 0.29) is 30.1 Å². The Hall–Kier alpha value is -2.42. The number of rotatable bonds is 4. The van der Waals surface area contributed by atoms with Crippen molar-refractivity contribution in [1.29, 1.82) is 5.26 Å². The van der Waals surface area contributed by atoms with Crippen LogP contribution in [-0.4, -0.2) is 41.3 Å². The van der Waals surface area contributed by atoms with Crippen LogP contribution in [0.4, 0.5) is 0 Å². The molecule has 1 fully saturated rings. The van der Waals surface area contributed by atoms with Gasteiger partial charge in [0, 0.05) is 19.3 Å². The first-order valence-electron chi connectivity index (χ1n) is 6.01. The molecule has 1 aromatic heterocycles. The number of nitriles is 1. The summed E-state index contributed by atoms with van der Waals surface area (Å²) in [7, 11) is 1.55. The van der Waals surface area contributed by atoms with Crippen molar-refractivity contribution in [3.63, 3.8) is 0 Å². The van der Waals surface area contributed by atoms with Gasteiger partial charge in [-0.2, -0.15) is 5.26 Å². The van der Waals surface area contributed by atoms with E-state index in [1.807, 2.05) is 6.07 Å². The Labute approximate surface area is 111 Å². The molecule has 0 bridgehead atoms. The smallest absolute Gasteiger partial charge is 0.272 e. The molecule has 0 aliphatic heterocycles. The lowest BCUT2D eigenvalue weighted by molar-refractivity contribution is -0.121. The monoisotopic (exact) mass is 258 g/mol. The first kappa shape index (κ1) is 13.0. The number of carbonyl (C=O) groups excluding carboxylic acids is 2. The third kappa shape index (κ3) is 3.52. The number of carbonyl (C=O) groups is 2. The van der Waals surface area contributed by atoms with Crippen LogP contribution in [0.3, 0.4) is 0 Å². The highest BCUT2D eigenvalue weighted by atomic mass is 16.2. The lowest BCUT2D eigenvalue weighted by Gasteiger charge is -2.16. The normalized spacial score (nSPS) is 13.5. The summed E-state index contributed by atoms with van der Waals surface area (Å²) in [6.45, 7) is 0.0109. The van der Waals surface area contributed by atoms with E-state index in [9.17, 15) is 9.59 Å². The molecule has 1 heterocycles. The summed E-state index contributed by atoms with van der Waals surface area (Å²) >= 11 is 0. The Balaban J connectivity index is 1.93. The molecule has 0 atom stereocenters. The number of nitrogens with one attached hydrogen (secondary N) is 1. The summed E-state index contributed by atoms with van der Waals surface area (Å²) in [5.41, 5.74) is 0.617. The molecule has 1 aliphatic carbocycles. The van der Waals surface area contributed by atoms with E-state index >= 15 is 0 Å². The maximum Gasteiger partial charge on any atom is 0.272 e. The Morgan fingerprint density at radius 2 is 2.26 bits per heavy atom. The topological polar surface area (TPSA) is 86.1 Å². The van der Waals surface area contributed by atoms with Crippen molar-refractivity contribution in [3.05, 3.63) is 29.6 Å². The molecule has 6 nitrogen and oxygen atoms in total. The van der Waals surface area contributed by atoms with E-state index in [1.54, 1.807) is 7.05 Å². The number of likely N-dealkylation sites (N-methyl/N-ethyl adjacent to an activating group) is 1. The average molecular weight is 258 g/mol. The molecule has 6 heteroatoms. The molecule has 2 amide bonds. The lowest BCUT2D eigenvalue weighted by Crippen LogP contribution is -2.39. The molecular weight excluding hydrogens is 244 g/mol. The van der Waals surface area contributed by atoms with Gasteiger partial charge in [0.1, 0.15) is 11.8 Å². The predicted molar refractivity (Wildman–Crippen MR) is 67.1 cm³/mol. The number of aromatic nitrogens is 1. The number of amides is 2. The van der Waals surface area contributed by atoms with Crippen LogP contribution in [-0.2, 0) is 4.79 Å². The van der Waals surface area contributed by atoms with E-state index in [1.165, 1.54) is 23.2 Å². The summed E-state index contributed by atoms with van der Waals surface area (Å²) in [6.07, 6.45) is 3.37. The molecule has 2 rings (SSSR count). The number of pyridine rings is 1. The molecule has 19 heavy (non-hydrogen) atoms. The highest BCUT2D eigenvalue weighted by Gasteiger charge is 2.24. The minimum Gasteiger partial charge on any atom is -0.352 e. The van der Waals surface area contributed by atoms with Crippen LogP contribution in [0.2, 0.25) is 0 Å². The van der Waals surface area contributed by atoms with E-state index in [0.29, 0.717) is 5.56 Å². The zero-order chi connectivity index (χ0) is 13.8. The van der Waals surface area contributed by atoms with Gasteiger partial charge in [-0.3, -0.25) is 9.59 Å². The van der Waals surface area contributed by atoms with E-state index < -0.39 is 0 Å². The van der Waals surface area contributed by atoms with Crippen molar-refractivity contribution in [3.8, 4) is 6.07 Å². The highest BCUT2D eigenvalue weighted by molar-refractivity contribution is 5.94. The van der Waals surface area contributed by atoms with Crippen molar-refractivity contribution in [2.75, 3.05) is 13.6 Å². The fourth-order valence-corrected chi connectivity index (χ4v) is 1.57. The largest absolute Gasteiger partial charge is 0.352 e. The Bertz CT molecular complexity index is 529. The Morgan fingerprint density at radius 1 is 1.53 bits per heavy atom. The van der Waals surface area contributed by atoms with Crippen molar-refractivity contribution >= 4 is 11.8 Å². The van der Waals surface area contributed by atoms with Crippen molar-refractivity contribution in [2.45, 2.75) is 18.9 Å². The van der Waals surface area contributed by atoms with Gasteiger partial charge in [0.2, 0.25) is 5.91 Å². The van der Waals surface area contributed by atoms with Crippen LogP contribution in [0, 0.1) is 11.3 Å². The van der Waals surface area contributed by atoms with Gasteiger partial charge in [-0.05, 0) is 25.0 Å². The summed E-state index contributed by atoms with van der Waals surface area (Å²) in [5, 5.41) is 11.5. The third-order valence-corrected chi connectivity index (χ3v) is 2.78. The van der Waals surface area contributed by atoms with Crippen molar-refractivity contribution in [2.24, 2.45) is 0 Å². The first-order valence-corrected chi connectivity index (χ1v) is 6.01. The minimum absolute atomic E-state index is 0.0109. The number of nitrogens with zero attached hydrogens (tertiary/aromatic N) is 3. The zero-order valence-electron chi connectivity index (χ0n) is 10.6. The van der Waals surface area contributed by atoms with Gasteiger partial charge in [0.05, 0.1) is 12.1 Å². The maximum absolute atomic E-state index is 12.0. The van der Waals surface area contributed by atoms with Crippen LogP contribution in [0.1, 0.15) is 28.9 Å². The molecule has 1 N–H and O–H groups in total. The standard InChI is InChI=1S/C13H14N4O2/c1-17(8-12(18)16-10-3-4-10)13(19)11-5-2-9(6-14)7-15-11/h2,5,7,10H,3-4,8H2,1H3,(H,16,18). The van der Waals surface area contributed by atoms with Crippen LogP contribution < -0.4 is 5.32 Å². The van der Waals surface area contributed by atoms with Crippen LogP contribution in [0.5, 0.6) is 0 Å². The molecule has 1 aromatic rings. The van der Waals surface area contributed by atoms with Gasteiger partial charge in [0.25, 0.3) is 5.91 Å². The Morgan fingerprint density at radius 3 is 2.79 bits per heavy atom. The van der Waals surface area contributed by atoms with E-state index in [4.69, 9.17) is 5.26 Å². The van der Waals surface area contributed by atoms with Crippen molar-refractivity contribution < 1.29 is 9.59 Å². The molecule has 0 spiro atoms. The van der Waals surface area contributed by atoms with Gasteiger partial charge in [-0.1, -0.05) is 0 Å². The van der Waals surface area contributed by atoms with Crippen molar-refractivity contribution in [1.82, 2.24) is 15.2 Å². The second-order valence-electron chi connectivity index (χ2n) is 4.55. The molecular formula is C13H14N4O2. The Kier molecular flexibility index (Phi) is 3.76. The second-order valence-corrected chi connectivity index (χ2v) is 4.55. The van der Waals surface area contributed by atoms with Gasteiger partial charge in [0.15, 0.2) is 0 Å². The summed E-state index contributed by atoms with van der Waals surface area (Å²) in [5.74, 6) is -0.498. The maximum atomic E-state index is 12.0. The molecule has 1 aliphatic rings. The van der Waals surface area contributed by atoms with Gasteiger partial charge in [-0.25, -0.2) is 4.98 Å². The van der Waals surface area contributed by atoms with E-state index in [2.05, 4.69) is 10.3 Å². The average Bonchev–Trinajstić information content (AvgIpc) is 3.21. The molecule has 1 saturated carbocycles. The summed E-state index contributed by atoms with van der Waals surface area (Å²) in [6, 6.07) is 5.22. The SMILES string of the molecule is CN(CC(=O)NC1CC1)C(=O)c1ccc(C#N)cn1. The van der Waals surface area contributed by atoms with Crippen LogP contribution >= 0.6 is 0 Å². The fraction of sp³-hybridized carbons (Fsp3) is 0.385. The zero-order valence-corrected chi connectivity index (χ0v) is 10.6. The fourth-order valence-electron chi connectivity index (χ4n) is 1.57. The molecule has 0 unspecified atom stereocenters. The molecule has 98 valence electrons. The predicted octanol–water partition coefficient (Wildman–Crippen LogP) is 0.304. The van der Waals surface area contributed by atoms with Gasteiger partial charge in [-0.15, -0.1) is 0 Å². The second kappa shape index (κ2) is 5.48. The van der Waals surface area contributed by atoms with Gasteiger partial charge >= 0.3 is 0 Å². The summed E-state index contributed by atoms with van der Waals surface area (Å²) in [4.78, 5) is 28.8. The summed E-state index contributed by atoms with van der Waals surface area (Å²) < 4.78 is 0. The highest BCUT2D eigenvalue weighted by Crippen LogP contribution is 2.18. The lowest BCUT2D eigenvalue weighted by atomic mass is 10.2. The van der Waals surface area contributed by atoms with E-state index in [0.717, 1.165) is 12.8 Å². The molecule has 0 aromatic carbocycles.